The molecule has 1 saturated carbocycles. The summed E-state index contributed by atoms with van der Waals surface area (Å²) < 4.78 is 0.131. The Morgan fingerprint density at radius 2 is 0.971 bits per heavy atom. The lowest BCUT2D eigenvalue weighted by molar-refractivity contribution is -0.0509. The van der Waals surface area contributed by atoms with Crippen LogP contribution in [0.15, 0.2) is 60.7 Å². The Morgan fingerprint density at radius 3 is 1.34 bits per heavy atom. The van der Waals surface area contributed by atoms with Crippen LogP contribution in [0, 0.1) is 0 Å². The smallest absolute Gasteiger partial charge is 0.0973 e. The normalized spacial score (nSPS) is 25.3. The van der Waals surface area contributed by atoms with Crippen LogP contribution in [-0.2, 0) is 5.60 Å². The van der Waals surface area contributed by atoms with Gasteiger partial charge in [-0.15, -0.1) is 0 Å². The molecule has 1 fully saturated rings. The standard InChI is InChI=1S/C30H52OSi4/c1-32(2,3)28(33(4,5)6)23-24-29(34(7,8)9,35(10,11)12)30(31,26-21-17-14-18-22-26)27(28)25-19-15-13-16-20-25/h13-22,27,31H,23-24H2,1-12H3. The van der Waals surface area contributed by atoms with Crippen LogP contribution >= 0.6 is 0 Å². The van der Waals surface area contributed by atoms with Gasteiger partial charge in [0.15, 0.2) is 0 Å². The van der Waals surface area contributed by atoms with Crippen LogP contribution in [0.2, 0.25) is 87.9 Å². The zero-order valence-corrected chi connectivity index (χ0v) is 28.7. The number of hydrogen-bond acceptors (Lipinski definition) is 1. The molecule has 0 aliphatic heterocycles. The molecule has 2 atom stereocenters. The van der Waals surface area contributed by atoms with Gasteiger partial charge in [0.25, 0.3) is 0 Å². The van der Waals surface area contributed by atoms with E-state index >= 15 is 0 Å². The van der Waals surface area contributed by atoms with Crippen molar-refractivity contribution in [2.45, 2.75) is 112 Å². The molecule has 0 amide bonds. The highest BCUT2D eigenvalue weighted by Crippen LogP contribution is 2.78. The van der Waals surface area contributed by atoms with Gasteiger partial charge in [-0.25, -0.2) is 0 Å². The minimum absolute atomic E-state index is 0.0440. The molecule has 2 aromatic rings. The van der Waals surface area contributed by atoms with Crippen LogP contribution in [0.4, 0.5) is 0 Å². The summed E-state index contributed by atoms with van der Waals surface area (Å²) >= 11 is 0. The SMILES string of the molecule is C[Si](C)(C)C1([Si](C)(C)C)CCC([Si](C)(C)C)([Si](C)(C)C)C(O)(c2ccccc2)C1c1ccccc1. The largest absolute Gasteiger partial charge is 0.385 e. The van der Waals surface area contributed by atoms with Crippen molar-refractivity contribution in [3.8, 4) is 0 Å². The molecule has 0 bridgehead atoms. The summed E-state index contributed by atoms with van der Waals surface area (Å²) in [5.41, 5.74) is 1.65. The van der Waals surface area contributed by atoms with Gasteiger partial charge in [-0.2, -0.15) is 0 Å². The van der Waals surface area contributed by atoms with Crippen molar-refractivity contribution in [1.29, 1.82) is 0 Å². The van der Waals surface area contributed by atoms with E-state index in [-0.39, 0.29) is 15.2 Å². The third-order valence-corrected chi connectivity index (χ3v) is 31.9. The average Bonchev–Trinajstić information content (AvgIpc) is 2.71. The third-order valence-electron chi connectivity index (χ3n) is 10.0. The van der Waals surface area contributed by atoms with Crippen molar-refractivity contribution < 1.29 is 5.11 Å². The van der Waals surface area contributed by atoms with Crippen molar-refractivity contribution in [3.05, 3.63) is 71.8 Å². The number of benzene rings is 2. The molecule has 1 nitrogen and oxygen atoms in total. The molecule has 1 N–H and O–H groups in total. The zero-order chi connectivity index (χ0) is 26.7. The van der Waals surface area contributed by atoms with Gasteiger partial charge in [0.05, 0.1) is 21.7 Å². The quantitative estimate of drug-likeness (QED) is 0.362. The van der Waals surface area contributed by atoms with E-state index in [0.29, 0.717) is 0 Å². The lowest BCUT2D eigenvalue weighted by Gasteiger charge is -2.73. The molecule has 1 aliphatic rings. The third kappa shape index (κ3) is 4.08. The molecule has 0 aromatic heterocycles. The first-order valence-electron chi connectivity index (χ1n) is 13.6. The minimum atomic E-state index is -1.87. The minimum Gasteiger partial charge on any atom is -0.385 e. The molecule has 0 spiro atoms. The fraction of sp³-hybridized carbons (Fsp3) is 0.600. The van der Waals surface area contributed by atoms with Crippen LogP contribution in [-0.4, -0.2) is 37.4 Å². The van der Waals surface area contributed by atoms with Gasteiger partial charge in [0.1, 0.15) is 0 Å². The van der Waals surface area contributed by atoms with Gasteiger partial charge in [0, 0.05) is 22.1 Å². The maximum Gasteiger partial charge on any atom is 0.0973 e. The van der Waals surface area contributed by atoms with Crippen LogP contribution in [0.1, 0.15) is 29.9 Å². The predicted octanol–water partition coefficient (Wildman–Crippen LogP) is 9.36. The van der Waals surface area contributed by atoms with Gasteiger partial charge in [-0.1, -0.05) is 146 Å². The van der Waals surface area contributed by atoms with Crippen molar-refractivity contribution in [2.75, 3.05) is 0 Å². The molecule has 5 heteroatoms. The Labute approximate surface area is 220 Å². The number of hydrogen-bond donors (Lipinski definition) is 1. The van der Waals surface area contributed by atoms with E-state index < -0.39 is 37.9 Å². The molecule has 35 heavy (non-hydrogen) atoms. The van der Waals surface area contributed by atoms with E-state index in [9.17, 15) is 5.11 Å². The van der Waals surface area contributed by atoms with E-state index in [4.69, 9.17) is 0 Å². The molecule has 2 unspecified atom stereocenters. The van der Waals surface area contributed by atoms with Crippen LogP contribution in [0.3, 0.4) is 0 Å². The summed E-state index contributed by atoms with van der Waals surface area (Å²) in [7, 11) is -7.26. The molecular formula is C30H52OSi4. The van der Waals surface area contributed by atoms with Crippen molar-refractivity contribution in [1.82, 2.24) is 0 Å². The maximum absolute atomic E-state index is 14.0. The van der Waals surface area contributed by atoms with E-state index in [2.05, 4.69) is 139 Å². The van der Waals surface area contributed by atoms with E-state index in [0.717, 1.165) is 0 Å². The Kier molecular flexibility index (Phi) is 7.36. The molecule has 0 heterocycles. The van der Waals surface area contributed by atoms with Gasteiger partial charge in [-0.05, 0) is 26.9 Å². The summed E-state index contributed by atoms with van der Waals surface area (Å²) in [6, 6.07) is 22.2. The van der Waals surface area contributed by atoms with Gasteiger partial charge in [0.2, 0.25) is 0 Å². The van der Waals surface area contributed by atoms with E-state index in [1.807, 2.05) is 0 Å². The molecule has 194 valence electrons. The molecular weight excluding hydrogens is 489 g/mol. The summed E-state index contributed by atoms with van der Waals surface area (Å²) in [5, 5.41) is 14.0. The fourth-order valence-electron chi connectivity index (χ4n) is 9.36. The van der Waals surface area contributed by atoms with Gasteiger partial charge < -0.3 is 5.11 Å². The highest BCUT2D eigenvalue weighted by Gasteiger charge is 2.75. The number of rotatable bonds is 6. The van der Waals surface area contributed by atoms with Crippen LogP contribution in [0.5, 0.6) is 0 Å². The summed E-state index contributed by atoms with van der Waals surface area (Å²) in [4.78, 5) is 0. The average molecular weight is 541 g/mol. The first-order valence-corrected chi connectivity index (χ1v) is 27.6. The topological polar surface area (TPSA) is 20.2 Å². The Balaban J connectivity index is 2.64. The summed E-state index contributed by atoms with van der Waals surface area (Å²) in [6.07, 6.45) is 2.43. The predicted molar refractivity (Wildman–Crippen MR) is 168 cm³/mol. The molecule has 1 aliphatic carbocycles. The first kappa shape index (κ1) is 28.8. The maximum atomic E-state index is 14.0. The van der Waals surface area contributed by atoms with Crippen LogP contribution in [0.25, 0.3) is 0 Å². The molecule has 0 saturated heterocycles. The van der Waals surface area contributed by atoms with Crippen molar-refractivity contribution in [2.24, 2.45) is 0 Å². The second kappa shape index (κ2) is 8.93. The second-order valence-electron chi connectivity index (χ2n) is 15.4. The Hall–Kier alpha value is -0.732. The van der Waals surface area contributed by atoms with E-state index in [1.54, 1.807) is 0 Å². The van der Waals surface area contributed by atoms with Crippen molar-refractivity contribution in [3.63, 3.8) is 0 Å². The lowest BCUT2D eigenvalue weighted by Crippen LogP contribution is -2.74. The molecule has 2 aromatic carbocycles. The molecule has 3 rings (SSSR count). The summed E-state index contributed by atoms with van der Waals surface area (Å²) in [6.45, 7) is 30.9. The Bertz CT molecular complexity index is 979. The van der Waals surface area contributed by atoms with Gasteiger partial charge >= 0.3 is 0 Å². The highest BCUT2D eigenvalue weighted by molar-refractivity contribution is 7.01. The lowest BCUT2D eigenvalue weighted by atomic mass is 9.66. The zero-order valence-electron chi connectivity index (χ0n) is 24.7. The highest BCUT2D eigenvalue weighted by atomic mass is 28.4. The van der Waals surface area contributed by atoms with Crippen molar-refractivity contribution >= 4 is 32.3 Å². The fourth-order valence-corrected chi connectivity index (χ4v) is 36.2. The monoisotopic (exact) mass is 540 g/mol. The first-order chi connectivity index (χ1) is 15.8. The number of aliphatic hydroxyl groups is 1. The van der Waals surface area contributed by atoms with Gasteiger partial charge in [-0.3, -0.25) is 0 Å². The Morgan fingerprint density at radius 1 is 0.571 bits per heavy atom. The molecule has 0 radical (unpaired) electrons. The van der Waals surface area contributed by atoms with Crippen LogP contribution < -0.4 is 0 Å². The van der Waals surface area contributed by atoms with E-state index in [1.165, 1.54) is 24.0 Å². The summed E-state index contributed by atoms with van der Waals surface area (Å²) in [5.74, 6) is 0.115. The second-order valence-corrected chi connectivity index (χ2v) is 37.8.